The maximum absolute atomic E-state index is 13.3. The number of phenolic OH excluding ortho intramolecular Hbond substituents is 1. The number of nitrogens with zero attached hydrogens (tertiary/aromatic N) is 1. The zero-order chi connectivity index (χ0) is 22.8. The van der Waals surface area contributed by atoms with Crippen LogP contribution in [0.25, 0.3) is 0 Å². The molecule has 0 saturated heterocycles. The number of amides is 1. The van der Waals surface area contributed by atoms with Crippen LogP contribution < -0.4 is 19.5 Å². The molecule has 7 heteroatoms. The smallest absolute Gasteiger partial charge is 0.237 e. The largest absolute Gasteiger partial charge is 0.504 e. The zero-order valence-corrected chi connectivity index (χ0v) is 18.4. The van der Waals surface area contributed by atoms with Crippen molar-refractivity contribution in [1.29, 1.82) is 0 Å². The van der Waals surface area contributed by atoms with E-state index in [4.69, 9.17) is 14.2 Å². The number of carbonyl (C=O) groups excluding carboxylic acids is 1. The topological polar surface area (TPSA) is 80.3 Å². The molecule has 0 radical (unpaired) electrons. The van der Waals surface area contributed by atoms with E-state index >= 15 is 0 Å². The Morgan fingerprint density at radius 3 is 2.70 bits per heavy atom. The van der Waals surface area contributed by atoms with Crippen LogP contribution in [0.4, 0.5) is 0 Å². The number of hydrogen-bond donors (Lipinski definition) is 2. The molecule has 1 atom stereocenters. The maximum atomic E-state index is 13.3. The van der Waals surface area contributed by atoms with Crippen LogP contribution in [0, 0.1) is 0 Å². The normalized spacial score (nSPS) is 16.8. The fraction of sp³-hybridized carbons (Fsp3) is 0.269. The van der Waals surface area contributed by atoms with E-state index in [2.05, 4.69) is 22.3 Å². The number of phenols is 1. The number of rotatable bonds is 6. The van der Waals surface area contributed by atoms with Crippen LogP contribution in [0.1, 0.15) is 22.3 Å². The molecular weight excluding hydrogens is 420 g/mol. The van der Waals surface area contributed by atoms with Crippen molar-refractivity contribution in [2.45, 2.75) is 32.1 Å². The lowest BCUT2D eigenvalue weighted by atomic mass is 9.93. The number of methoxy groups -OCH3 is 1. The van der Waals surface area contributed by atoms with Gasteiger partial charge < -0.3 is 24.6 Å². The average molecular weight is 447 g/mol. The lowest BCUT2D eigenvalue weighted by Crippen LogP contribution is -2.49. The van der Waals surface area contributed by atoms with Gasteiger partial charge in [-0.3, -0.25) is 9.69 Å². The van der Waals surface area contributed by atoms with Crippen molar-refractivity contribution in [2.75, 3.05) is 13.9 Å². The van der Waals surface area contributed by atoms with Gasteiger partial charge >= 0.3 is 0 Å². The lowest BCUT2D eigenvalue weighted by Gasteiger charge is -2.36. The molecule has 7 nitrogen and oxygen atoms in total. The van der Waals surface area contributed by atoms with Gasteiger partial charge in [-0.1, -0.05) is 36.4 Å². The quantitative estimate of drug-likeness (QED) is 0.604. The summed E-state index contributed by atoms with van der Waals surface area (Å²) in [4.78, 5) is 15.5. The zero-order valence-electron chi connectivity index (χ0n) is 18.4. The first-order chi connectivity index (χ1) is 16.1. The predicted molar refractivity (Wildman–Crippen MR) is 122 cm³/mol. The summed E-state index contributed by atoms with van der Waals surface area (Å²) in [6, 6.07) is 18.9. The van der Waals surface area contributed by atoms with Crippen LogP contribution in [-0.2, 0) is 30.8 Å². The molecule has 3 aromatic rings. The minimum Gasteiger partial charge on any atom is -0.504 e. The van der Waals surface area contributed by atoms with E-state index in [9.17, 15) is 9.90 Å². The van der Waals surface area contributed by atoms with Crippen LogP contribution in [0.2, 0.25) is 0 Å². The molecule has 2 heterocycles. The first-order valence-corrected chi connectivity index (χ1v) is 10.9. The SMILES string of the molecule is COc1cc(CN2Cc3ccccc3CC2C(=O)NCc2ccc3c(c2)OCO3)ccc1O. The van der Waals surface area contributed by atoms with Crippen LogP contribution in [0.15, 0.2) is 60.7 Å². The van der Waals surface area contributed by atoms with E-state index in [-0.39, 0.29) is 24.5 Å². The Labute approximate surface area is 192 Å². The molecule has 0 bridgehead atoms. The molecule has 0 aliphatic carbocycles. The van der Waals surface area contributed by atoms with E-state index in [1.54, 1.807) is 6.07 Å². The van der Waals surface area contributed by atoms with E-state index in [0.29, 0.717) is 37.6 Å². The summed E-state index contributed by atoms with van der Waals surface area (Å²) in [6.07, 6.45) is 0.637. The van der Waals surface area contributed by atoms with Gasteiger partial charge in [0.25, 0.3) is 0 Å². The second-order valence-electron chi connectivity index (χ2n) is 8.31. The second-order valence-corrected chi connectivity index (χ2v) is 8.31. The van der Waals surface area contributed by atoms with Crippen molar-refractivity contribution in [3.63, 3.8) is 0 Å². The molecule has 0 saturated carbocycles. The molecule has 0 fully saturated rings. The van der Waals surface area contributed by atoms with Crippen molar-refractivity contribution in [3.8, 4) is 23.0 Å². The Bertz CT molecular complexity index is 1180. The van der Waals surface area contributed by atoms with E-state index < -0.39 is 0 Å². The van der Waals surface area contributed by atoms with E-state index in [1.165, 1.54) is 18.2 Å². The van der Waals surface area contributed by atoms with Gasteiger partial charge in [-0.2, -0.15) is 0 Å². The van der Waals surface area contributed by atoms with E-state index in [1.807, 2.05) is 42.5 Å². The van der Waals surface area contributed by atoms with E-state index in [0.717, 1.165) is 16.9 Å². The molecule has 3 aromatic carbocycles. The van der Waals surface area contributed by atoms with Crippen LogP contribution in [0.5, 0.6) is 23.0 Å². The number of benzene rings is 3. The van der Waals surface area contributed by atoms with Gasteiger partial charge in [-0.25, -0.2) is 0 Å². The fourth-order valence-electron chi connectivity index (χ4n) is 4.41. The maximum Gasteiger partial charge on any atom is 0.237 e. The highest BCUT2D eigenvalue weighted by atomic mass is 16.7. The first-order valence-electron chi connectivity index (χ1n) is 10.9. The van der Waals surface area contributed by atoms with Crippen molar-refractivity contribution in [1.82, 2.24) is 10.2 Å². The molecule has 2 N–H and O–H groups in total. The third kappa shape index (κ3) is 4.45. The standard InChI is InChI=1S/C26H26N2O5/c1-31-24-11-18(6-8-22(24)29)14-28-15-20-5-3-2-4-19(20)12-21(28)26(30)27-13-17-7-9-23-25(10-17)33-16-32-23/h2-11,21,29H,12-16H2,1H3,(H,27,30). The average Bonchev–Trinajstić information content (AvgIpc) is 3.31. The highest BCUT2D eigenvalue weighted by Gasteiger charge is 2.31. The molecular formula is C26H26N2O5. The van der Waals surface area contributed by atoms with Gasteiger partial charge in [-0.15, -0.1) is 0 Å². The lowest BCUT2D eigenvalue weighted by molar-refractivity contribution is -0.127. The molecule has 33 heavy (non-hydrogen) atoms. The summed E-state index contributed by atoms with van der Waals surface area (Å²) in [6.45, 7) is 1.87. The molecule has 1 unspecified atom stereocenters. The minimum absolute atomic E-state index is 0.0205. The third-order valence-electron chi connectivity index (χ3n) is 6.18. The molecule has 5 rings (SSSR count). The van der Waals surface area contributed by atoms with Gasteiger partial charge in [0.1, 0.15) is 0 Å². The van der Waals surface area contributed by atoms with Crippen molar-refractivity contribution < 1.29 is 24.1 Å². The summed E-state index contributed by atoms with van der Waals surface area (Å²) in [5.41, 5.74) is 4.35. The van der Waals surface area contributed by atoms with Crippen molar-refractivity contribution in [2.24, 2.45) is 0 Å². The van der Waals surface area contributed by atoms with Crippen LogP contribution in [0.3, 0.4) is 0 Å². The van der Waals surface area contributed by atoms with Crippen LogP contribution >= 0.6 is 0 Å². The Morgan fingerprint density at radius 1 is 1.06 bits per heavy atom. The molecule has 0 aromatic heterocycles. The number of hydrogen-bond acceptors (Lipinski definition) is 6. The number of ether oxygens (including phenoxy) is 3. The first kappa shape index (κ1) is 21.2. The van der Waals surface area contributed by atoms with Crippen molar-refractivity contribution >= 4 is 5.91 Å². The summed E-state index contributed by atoms with van der Waals surface area (Å²) < 4.78 is 16.1. The monoisotopic (exact) mass is 446 g/mol. The summed E-state index contributed by atoms with van der Waals surface area (Å²) in [5.74, 6) is 1.94. The van der Waals surface area contributed by atoms with Gasteiger partial charge in [0, 0.05) is 19.6 Å². The fourth-order valence-corrected chi connectivity index (χ4v) is 4.41. The minimum atomic E-state index is -0.311. The Hall–Kier alpha value is -3.71. The Kier molecular flexibility index (Phi) is 5.79. The van der Waals surface area contributed by atoms with Gasteiger partial charge in [0.15, 0.2) is 23.0 Å². The molecule has 2 aliphatic rings. The van der Waals surface area contributed by atoms with Gasteiger partial charge in [0.05, 0.1) is 13.2 Å². The summed E-state index contributed by atoms with van der Waals surface area (Å²) in [7, 11) is 1.53. The summed E-state index contributed by atoms with van der Waals surface area (Å²) in [5, 5.41) is 13.0. The summed E-state index contributed by atoms with van der Waals surface area (Å²) >= 11 is 0. The highest BCUT2D eigenvalue weighted by molar-refractivity contribution is 5.82. The predicted octanol–water partition coefficient (Wildman–Crippen LogP) is 3.37. The van der Waals surface area contributed by atoms with Gasteiger partial charge in [0.2, 0.25) is 12.7 Å². The third-order valence-corrected chi connectivity index (χ3v) is 6.18. The number of carbonyl (C=O) groups is 1. The Morgan fingerprint density at radius 2 is 1.85 bits per heavy atom. The number of nitrogens with one attached hydrogen (secondary N) is 1. The second kappa shape index (κ2) is 9.03. The number of aromatic hydroxyl groups is 1. The van der Waals surface area contributed by atoms with Gasteiger partial charge in [-0.05, 0) is 52.9 Å². The van der Waals surface area contributed by atoms with Crippen molar-refractivity contribution in [3.05, 3.63) is 82.9 Å². The molecule has 170 valence electrons. The Balaban J connectivity index is 1.34. The molecule has 2 aliphatic heterocycles. The molecule has 1 amide bonds. The highest BCUT2D eigenvalue weighted by Crippen LogP contribution is 2.33. The van der Waals surface area contributed by atoms with Crippen LogP contribution in [-0.4, -0.2) is 35.9 Å². The number of fused-ring (bicyclic) bond motifs is 2. The molecule has 0 spiro atoms.